The average Bonchev–Trinajstić information content (AvgIpc) is 2.49. The number of alkyl halides is 4. The summed E-state index contributed by atoms with van der Waals surface area (Å²) in [6.45, 7) is 3.43. The van der Waals surface area contributed by atoms with Gasteiger partial charge in [0.05, 0.1) is 6.10 Å². The van der Waals surface area contributed by atoms with Crippen LogP contribution in [0.2, 0.25) is 0 Å². The Balaban J connectivity index is 2.25. The summed E-state index contributed by atoms with van der Waals surface area (Å²) in [5.74, 6) is -2.24. The Hall–Kier alpha value is -2.38. The van der Waals surface area contributed by atoms with Crippen molar-refractivity contribution in [2.45, 2.75) is 38.9 Å². The van der Waals surface area contributed by atoms with Crippen LogP contribution in [0.5, 0.6) is 11.5 Å². The van der Waals surface area contributed by atoms with Gasteiger partial charge in [0, 0.05) is 6.07 Å². The molecule has 2 aromatic rings. The molecule has 2 rings (SSSR count). The second kappa shape index (κ2) is 7.88. The Morgan fingerprint density at radius 3 is 2.27 bits per heavy atom. The molecule has 0 unspecified atom stereocenters. The molecule has 0 saturated heterocycles. The summed E-state index contributed by atoms with van der Waals surface area (Å²) in [4.78, 5) is 0. The fourth-order valence-corrected chi connectivity index (χ4v) is 2.22. The average molecular weight is 378 g/mol. The fraction of sp³-hybridized carbons (Fsp3) is 0.333. The second-order valence-electron chi connectivity index (χ2n) is 5.87. The summed E-state index contributed by atoms with van der Waals surface area (Å²) in [5, 5.41) is 0. The SMILES string of the molecule is CC(C)Oc1cc(Cc2cc(F)cc(OC(F)(F)C(F)F)c2)ccc1F. The maximum absolute atomic E-state index is 13.7. The van der Waals surface area contributed by atoms with Gasteiger partial charge in [-0.2, -0.15) is 17.6 Å². The number of halogens is 6. The van der Waals surface area contributed by atoms with E-state index in [1.54, 1.807) is 13.8 Å². The monoisotopic (exact) mass is 378 g/mol. The van der Waals surface area contributed by atoms with Gasteiger partial charge in [0.25, 0.3) is 0 Å². The van der Waals surface area contributed by atoms with E-state index in [0.29, 0.717) is 11.6 Å². The Labute approximate surface area is 146 Å². The van der Waals surface area contributed by atoms with E-state index >= 15 is 0 Å². The van der Waals surface area contributed by atoms with Gasteiger partial charge in [-0.15, -0.1) is 0 Å². The third kappa shape index (κ3) is 5.31. The van der Waals surface area contributed by atoms with Crippen LogP contribution in [0.4, 0.5) is 26.3 Å². The van der Waals surface area contributed by atoms with E-state index in [1.807, 2.05) is 0 Å². The van der Waals surface area contributed by atoms with Crippen LogP contribution in [-0.4, -0.2) is 18.6 Å². The molecule has 0 radical (unpaired) electrons. The molecule has 2 nitrogen and oxygen atoms in total. The molecule has 26 heavy (non-hydrogen) atoms. The molecule has 0 spiro atoms. The second-order valence-corrected chi connectivity index (χ2v) is 5.87. The van der Waals surface area contributed by atoms with Gasteiger partial charge < -0.3 is 9.47 Å². The molecular weight excluding hydrogens is 362 g/mol. The summed E-state index contributed by atoms with van der Waals surface area (Å²) in [6.07, 6.45) is -9.03. The predicted molar refractivity (Wildman–Crippen MR) is 82.9 cm³/mol. The Bertz CT molecular complexity index is 761. The molecule has 0 N–H and O–H groups in total. The fourth-order valence-electron chi connectivity index (χ4n) is 2.22. The lowest BCUT2D eigenvalue weighted by atomic mass is 10.0. The van der Waals surface area contributed by atoms with Gasteiger partial charge in [-0.1, -0.05) is 6.07 Å². The lowest BCUT2D eigenvalue weighted by Crippen LogP contribution is -2.33. The summed E-state index contributed by atoms with van der Waals surface area (Å²) in [5.41, 5.74) is 0.700. The van der Waals surface area contributed by atoms with Crippen LogP contribution >= 0.6 is 0 Å². The van der Waals surface area contributed by atoms with Crippen LogP contribution in [0.25, 0.3) is 0 Å². The number of ether oxygens (including phenoxy) is 2. The lowest BCUT2D eigenvalue weighted by Gasteiger charge is -2.17. The zero-order valence-electron chi connectivity index (χ0n) is 13.9. The Kier molecular flexibility index (Phi) is 6.05. The van der Waals surface area contributed by atoms with Crippen LogP contribution in [0, 0.1) is 11.6 Å². The van der Waals surface area contributed by atoms with Crippen molar-refractivity contribution in [2.24, 2.45) is 0 Å². The first-order valence-electron chi connectivity index (χ1n) is 7.66. The van der Waals surface area contributed by atoms with Crippen molar-refractivity contribution >= 4 is 0 Å². The van der Waals surface area contributed by atoms with E-state index in [-0.39, 0.29) is 23.8 Å². The maximum atomic E-state index is 13.7. The van der Waals surface area contributed by atoms with Crippen molar-refractivity contribution < 1.29 is 35.8 Å². The number of rotatable bonds is 7. The first-order chi connectivity index (χ1) is 12.1. The predicted octanol–water partition coefficient (Wildman–Crippen LogP) is 5.58. The summed E-state index contributed by atoms with van der Waals surface area (Å²) < 4.78 is 86.9. The lowest BCUT2D eigenvalue weighted by molar-refractivity contribution is -0.253. The molecule has 142 valence electrons. The van der Waals surface area contributed by atoms with E-state index in [0.717, 1.165) is 18.2 Å². The van der Waals surface area contributed by atoms with Gasteiger partial charge in [0.15, 0.2) is 11.6 Å². The molecule has 0 aliphatic carbocycles. The molecule has 0 atom stereocenters. The minimum Gasteiger partial charge on any atom is -0.488 e. The normalized spacial score (nSPS) is 11.9. The maximum Gasteiger partial charge on any atom is 0.461 e. The number of benzene rings is 2. The van der Waals surface area contributed by atoms with Crippen LogP contribution in [0.3, 0.4) is 0 Å². The van der Waals surface area contributed by atoms with E-state index < -0.39 is 29.9 Å². The molecule has 0 fully saturated rings. The first kappa shape index (κ1) is 19.9. The standard InChI is InChI=1S/C18H16F6O2/c1-10(2)25-16-8-11(3-4-15(16)20)5-12-6-13(19)9-14(7-12)26-18(23,24)17(21)22/h3-4,6-10,17H,5H2,1-2H3. The van der Waals surface area contributed by atoms with E-state index in [1.165, 1.54) is 12.1 Å². The molecule has 0 amide bonds. The van der Waals surface area contributed by atoms with Gasteiger partial charge in [-0.05, 0) is 55.7 Å². The van der Waals surface area contributed by atoms with Gasteiger partial charge in [0.1, 0.15) is 11.6 Å². The number of hydrogen-bond acceptors (Lipinski definition) is 2. The largest absolute Gasteiger partial charge is 0.488 e. The van der Waals surface area contributed by atoms with Crippen LogP contribution in [-0.2, 0) is 6.42 Å². The molecule has 0 saturated carbocycles. The highest BCUT2D eigenvalue weighted by Crippen LogP contribution is 2.29. The van der Waals surface area contributed by atoms with Gasteiger partial charge in [-0.3, -0.25) is 0 Å². The van der Waals surface area contributed by atoms with Crippen molar-refractivity contribution in [3.63, 3.8) is 0 Å². The Morgan fingerprint density at radius 1 is 0.962 bits per heavy atom. The van der Waals surface area contributed by atoms with Crippen molar-refractivity contribution in [3.8, 4) is 11.5 Å². The van der Waals surface area contributed by atoms with Crippen molar-refractivity contribution in [3.05, 3.63) is 59.2 Å². The van der Waals surface area contributed by atoms with E-state index in [4.69, 9.17) is 4.74 Å². The Morgan fingerprint density at radius 2 is 1.65 bits per heavy atom. The van der Waals surface area contributed by atoms with E-state index in [9.17, 15) is 26.3 Å². The molecule has 0 aliphatic rings. The zero-order valence-corrected chi connectivity index (χ0v) is 13.9. The first-order valence-corrected chi connectivity index (χ1v) is 7.66. The quantitative estimate of drug-likeness (QED) is 0.586. The minimum atomic E-state index is -4.74. The van der Waals surface area contributed by atoms with Gasteiger partial charge in [-0.25, -0.2) is 8.78 Å². The molecule has 0 bridgehead atoms. The van der Waals surface area contributed by atoms with Crippen molar-refractivity contribution in [2.75, 3.05) is 0 Å². The van der Waals surface area contributed by atoms with E-state index in [2.05, 4.69) is 4.74 Å². The topological polar surface area (TPSA) is 18.5 Å². The smallest absolute Gasteiger partial charge is 0.461 e. The minimum absolute atomic E-state index is 0.00499. The summed E-state index contributed by atoms with van der Waals surface area (Å²) in [7, 11) is 0. The molecule has 8 heteroatoms. The van der Waals surface area contributed by atoms with Crippen LogP contribution in [0.15, 0.2) is 36.4 Å². The highest BCUT2D eigenvalue weighted by atomic mass is 19.3. The molecule has 0 aromatic heterocycles. The van der Waals surface area contributed by atoms with Crippen molar-refractivity contribution in [1.29, 1.82) is 0 Å². The molecule has 0 heterocycles. The highest BCUT2D eigenvalue weighted by molar-refractivity contribution is 5.37. The third-order valence-electron chi connectivity index (χ3n) is 3.21. The molecular formula is C18H16F6O2. The van der Waals surface area contributed by atoms with Crippen LogP contribution in [0.1, 0.15) is 25.0 Å². The summed E-state index contributed by atoms with van der Waals surface area (Å²) >= 11 is 0. The molecule has 2 aromatic carbocycles. The number of hydrogen-bond donors (Lipinski definition) is 0. The van der Waals surface area contributed by atoms with Gasteiger partial charge >= 0.3 is 12.5 Å². The zero-order chi connectivity index (χ0) is 19.5. The molecule has 0 aliphatic heterocycles. The summed E-state index contributed by atoms with van der Waals surface area (Å²) in [6, 6.07) is 6.62. The van der Waals surface area contributed by atoms with Gasteiger partial charge in [0.2, 0.25) is 0 Å². The third-order valence-corrected chi connectivity index (χ3v) is 3.21. The van der Waals surface area contributed by atoms with Crippen molar-refractivity contribution in [1.82, 2.24) is 0 Å². The van der Waals surface area contributed by atoms with Crippen LogP contribution < -0.4 is 9.47 Å². The highest BCUT2D eigenvalue weighted by Gasteiger charge is 2.44.